The monoisotopic (exact) mass is 401 g/mol. The molecule has 8 heteroatoms. The van der Waals surface area contributed by atoms with E-state index in [-0.39, 0.29) is 22.7 Å². The lowest BCUT2D eigenvalue weighted by atomic mass is 10.1. The Morgan fingerprint density at radius 2 is 1.48 bits per heavy atom. The molecule has 2 N–H and O–H groups in total. The van der Waals surface area contributed by atoms with Gasteiger partial charge in [-0.1, -0.05) is 18.2 Å². The lowest BCUT2D eigenvalue weighted by molar-refractivity contribution is -0.137. The van der Waals surface area contributed by atoms with E-state index < -0.39 is 23.6 Å². The normalized spacial score (nSPS) is 11.0. The molecule has 1 amide bonds. The fourth-order valence-electron chi connectivity index (χ4n) is 2.51. The van der Waals surface area contributed by atoms with Crippen LogP contribution in [0.25, 0.3) is 0 Å². The van der Waals surface area contributed by atoms with E-state index in [1.54, 1.807) is 30.3 Å². The van der Waals surface area contributed by atoms with Crippen LogP contribution in [0.5, 0.6) is 11.5 Å². The van der Waals surface area contributed by atoms with Gasteiger partial charge < -0.3 is 15.2 Å². The van der Waals surface area contributed by atoms with E-state index in [1.807, 2.05) is 0 Å². The van der Waals surface area contributed by atoms with Crippen LogP contribution < -0.4 is 10.1 Å². The number of carboxylic acids is 1. The van der Waals surface area contributed by atoms with Gasteiger partial charge >= 0.3 is 12.1 Å². The first-order valence-electron chi connectivity index (χ1n) is 8.33. The number of carboxylic acid groups (broad SMARTS) is 1. The van der Waals surface area contributed by atoms with Gasteiger partial charge in [0.05, 0.1) is 16.8 Å². The van der Waals surface area contributed by atoms with Crippen LogP contribution in [0.3, 0.4) is 0 Å². The molecule has 0 aliphatic carbocycles. The average Bonchev–Trinajstić information content (AvgIpc) is 2.68. The van der Waals surface area contributed by atoms with Crippen molar-refractivity contribution < 1.29 is 32.6 Å². The molecule has 0 fully saturated rings. The first-order chi connectivity index (χ1) is 13.7. The molecule has 29 heavy (non-hydrogen) atoms. The maximum absolute atomic E-state index is 12.6. The van der Waals surface area contributed by atoms with Crippen LogP contribution >= 0.6 is 0 Å². The van der Waals surface area contributed by atoms with Crippen molar-refractivity contribution in [3.63, 3.8) is 0 Å². The topological polar surface area (TPSA) is 75.6 Å². The van der Waals surface area contributed by atoms with Crippen molar-refractivity contribution in [2.24, 2.45) is 0 Å². The van der Waals surface area contributed by atoms with Crippen molar-refractivity contribution in [1.29, 1.82) is 0 Å². The van der Waals surface area contributed by atoms with E-state index in [0.717, 1.165) is 24.3 Å². The second kappa shape index (κ2) is 8.05. The van der Waals surface area contributed by atoms with Gasteiger partial charge in [-0.3, -0.25) is 4.79 Å². The number of hydrogen-bond acceptors (Lipinski definition) is 3. The zero-order valence-corrected chi connectivity index (χ0v) is 14.7. The van der Waals surface area contributed by atoms with Gasteiger partial charge in [0.15, 0.2) is 0 Å². The molecular weight excluding hydrogens is 387 g/mol. The summed E-state index contributed by atoms with van der Waals surface area (Å²) in [6.45, 7) is 0. The summed E-state index contributed by atoms with van der Waals surface area (Å²) < 4.78 is 43.4. The molecule has 3 aromatic carbocycles. The smallest absolute Gasteiger partial charge is 0.416 e. The standard InChI is InChI=1S/C21H14F3NO4/c22-21(23,24)14-6-8-15(9-7-14)29-16-10-11-17(20(27)28)18(12-16)25-19(26)13-4-2-1-3-5-13/h1-12H,(H,25,26)(H,27,28). The minimum Gasteiger partial charge on any atom is -0.478 e. The van der Waals surface area contributed by atoms with Crippen LogP contribution in [0.1, 0.15) is 26.3 Å². The number of aromatic carboxylic acids is 1. The van der Waals surface area contributed by atoms with Gasteiger partial charge in [0.2, 0.25) is 0 Å². The summed E-state index contributed by atoms with van der Waals surface area (Å²) in [6.07, 6.45) is -4.46. The first-order valence-corrected chi connectivity index (χ1v) is 8.33. The van der Waals surface area contributed by atoms with Crippen LogP contribution in [0.2, 0.25) is 0 Å². The van der Waals surface area contributed by atoms with E-state index >= 15 is 0 Å². The van der Waals surface area contributed by atoms with E-state index in [9.17, 15) is 27.9 Å². The minimum absolute atomic E-state index is 0.00392. The lowest BCUT2D eigenvalue weighted by Gasteiger charge is -2.12. The van der Waals surface area contributed by atoms with Crippen molar-refractivity contribution in [2.75, 3.05) is 5.32 Å². The summed E-state index contributed by atoms with van der Waals surface area (Å²) in [5.74, 6) is -1.49. The Kier molecular flexibility index (Phi) is 5.54. The number of ether oxygens (including phenoxy) is 1. The van der Waals surface area contributed by atoms with Gasteiger partial charge in [0, 0.05) is 11.6 Å². The number of nitrogens with one attached hydrogen (secondary N) is 1. The van der Waals surface area contributed by atoms with E-state index in [0.29, 0.717) is 5.56 Å². The molecule has 3 rings (SSSR count). The molecule has 0 bridgehead atoms. The summed E-state index contributed by atoms with van der Waals surface area (Å²) in [5, 5.41) is 11.9. The minimum atomic E-state index is -4.46. The van der Waals surface area contributed by atoms with Crippen molar-refractivity contribution in [3.05, 3.63) is 89.5 Å². The third-order valence-electron chi connectivity index (χ3n) is 3.92. The van der Waals surface area contributed by atoms with E-state index in [2.05, 4.69) is 5.32 Å². The average molecular weight is 401 g/mol. The predicted octanol–water partition coefficient (Wildman–Crippen LogP) is 5.45. The second-order valence-corrected chi connectivity index (χ2v) is 5.96. The van der Waals surface area contributed by atoms with Gasteiger partial charge in [0.1, 0.15) is 11.5 Å². The summed E-state index contributed by atoms with van der Waals surface area (Å²) in [7, 11) is 0. The molecule has 0 saturated carbocycles. The van der Waals surface area contributed by atoms with Crippen molar-refractivity contribution in [3.8, 4) is 11.5 Å². The summed E-state index contributed by atoms with van der Waals surface area (Å²) in [5.41, 5.74) is -0.649. The van der Waals surface area contributed by atoms with Crippen molar-refractivity contribution in [2.45, 2.75) is 6.18 Å². The molecule has 5 nitrogen and oxygen atoms in total. The molecule has 0 atom stereocenters. The summed E-state index contributed by atoms with van der Waals surface area (Å²) >= 11 is 0. The number of amides is 1. The highest BCUT2D eigenvalue weighted by Gasteiger charge is 2.30. The number of halogens is 3. The molecule has 0 heterocycles. The highest BCUT2D eigenvalue weighted by molar-refractivity contribution is 6.07. The lowest BCUT2D eigenvalue weighted by Crippen LogP contribution is -2.14. The third-order valence-corrected chi connectivity index (χ3v) is 3.92. The van der Waals surface area contributed by atoms with Gasteiger partial charge in [-0.05, 0) is 48.5 Å². The number of benzene rings is 3. The zero-order valence-electron chi connectivity index (χ0n) is 14.7. The fraction of sp³-hybridized carbons (Fsp3) is 0.0476. The maximum Gasteiger partial charge on any atom is 0.416 e. The fourth-order valence-corrected chi connectivity index (χ4v) is 2.51. The quantitative estimate of drug-likeness (QED) is 0.596. The highest BCUT2D eigenvalue weighted by Crippen LogP contribution is 2.32. The van der Waals surface area contributed by atoms with Crippen molar-refractivity contribution in [1.82, 2.24) is 0 Å². The van der Waals surface area contributed by atoms with E-state index in [1.165, 1.54) is 18.2 Å². The molecule has 0 radical (unpaired) electrons. The number of carbonyl (C=O) groups excluding carboxylic acids is 1. The molecule has 0 saturated heterocycles. The van der Waals surface area contributed by atoms with Crippen LogP contribution in [0.15, 0.2) is 72.8 Å². The molecule has 0 aliphatic heterocycles. The Balaban J connectivity index is 1.84. The maximum atomic E-state index is 12.6. The Labute approximate surface area is 163 Å². The van der Waals surface area contributed by atoms with Gasteiger partial charge in [-0.15, -0.1) is 0 Å². The van der Waals surface area contributed by atoms with Gasteiger partial charge in [-0.2, -0.15) is 13.2 Å². The van der Waals surface area contributed by atoms with E-state index in [4.69, 9.17) is 4.74 Å². The number of carbonyl (C=O) groups is 2. The van der Waals surface area contributed by atoms with Crippen LogP contribution in [0.4, 0.5) is 18.9 Å². The Hall–Kier alpha value is -3.81. The van der Waals surface area contributed by atoms with Crippen molar-refractivity contribution >= 4 is 17.6 Å². The predicted molar refractivity (Wildman–Crippen MR) is 99.3 cm³/mol. The number of anilines is 1. The zero-order chi connectivity index (χ0) is 21.0. The Morgan fingerprint density at radius 1 is 0.862 bits per heavy atom. The second-order valence-electron chi connectivity index (χ2n) is 5.96. The molecule has 0 spiro atoms. The molecular formula is C21H14F3NO4. The van der Waals surface area contributed by atoms with Gasteiger partial charge in [0.25, 0.3) is 5.91 Å². The molecule has 0 aromatic heterocycles. The number of rotatable bonds is 5. The Bertz CT molecular complexity index is 1030. The molecule has 0 aliphatic rings. The largest absolute Gasteiger partial charge is 0.478 e. The molecule has 148 valence electrons. The third kappa shape index (κ3) is 4.92. The Morgan fingerprint density at radius 3 is 2.07 bits per heavy atom. The molecule has 3 aromatic rings. The van der Waals surface area contributed by atoms with Gasteiger partial charge in [-0.25, -0.2) is 4.79 Å². The highest BCUT2D eigenvalue weighted by atomic mass is 19.4. The van der Waals surface area contributed by atoms with Crippen LogP contribution in [0, 0.1) is 0 Å². The molecule has 0 unspecified atom stereocenters. The summed E-state index contributed by atoms with van der Waals surface area (Å²) in [6, 6.07) is 16.1. The number of alkyl halides is 3. The first kappa shape index (κ1) is 19.9. The number of hydrogen-bond donors (Lipinski definition) is 2. The summed E-state index contributed by atoms with van der Waals surface area (Å²) in [4.78, 5) is 23.8. The van der Waals surface area contributed by atoms with Crippen LogP contribution in [-0.4, -0.2) is 17.0 Å². The SMILES string of the molecule is O=C(Nc1cc(Oc2ccc(C(F)(F)F)cc2)ccc1C(=O)O)c1ccccc1. The van der Waals surface area contributed by atoms with Crippen LogP contribution in [-0.2, 0) is 6.18 Å².